The Labute approximate surface area is 92.6 Å². The minimum atomic E-state index is 0.627. The molecular weight excluding hydrogens is 196 g/mol. The second-order valence-electron chi connectivity index (χ2n) is 3.87. The van der Waals surface area contributed by atoms with Gasteiger partial charge in [0, 0.05) is 0 Å². The van der Waals surface area contributed by atoms with Crippen molar-refractivity contribution in [3.05, 3.63) is 0 Å². The van der Waals surface area contributed by atoms with Gasteiger partial charge in [0.05, 0.1) is 0 Å². The quantitative estimate of drug-likeness (QED) is 0.598. The standard InChI is InChI=1S/C11H24S2/c1-5-7-11(8-6-2,9-12-3)10-13-4/h5-10H2,1-4H3. The summed E-state index contributed by atoms with van der Waals surface area (Å²) in [4.78, 5) is 0. The smallest absolute Gasteiger partial charge is 0.000568 e. The van der Waals surface area contributed by atoms with Crippen LogP contribution in [-0.2, 0) is 0 Å². The molecule has 0 unspecified atom stereocenters. The molecule has 0 aliphatic heterocycles. The molecule has 0 saturated heterocycles. The van der Waals surface area contributed by atoms with E-state index in [0.717, 1.165) is 0 Å². The van der Waals surface area contributed by atoms with Crippen LogP contribution < -0.4 is 0 Å². The van der Waals surface area contributed by atoms with Crippen LogP contribution in [0.15, 0.2) is 0 Å². The number of rotatable bonds is 8. The van der Waals surface area contributed by atoms with Gasteiger partial charge in [0.25, 0.3) is 0 Å². The molecule has 0 aromatic carbocycles. The largest absolute Gasteiger partial charge is 0.165 e. The molecule has 2 heteroatoms. The maximum atomic E-state index is 2.31. The third kappa shape index (κ3) is 5.21. The van der Waals surface area contributed by atoms with Gasteiger partial charge in [0.2, 0.25) is 0 Å². The molecule has 0 bridgehead atoms. The molecule has 0 amide bonds. The van der Waals surface area contributed by atoms with Crippen molar-refractivity contribution in [1.29, 1.82) is 0 Å². The molecule has 0 spiro atoms. The Morgan fingerprint density at radius 3 is 1.46 bits per heavy atom. The fourth-order valence-corrected chi connectivity index (χ4v) is 4.26. The molecule has 13 heavy (non-hydrogen) atoms. The van der Waals surface area contributed by atoms with Gasteiger partial charge in [0.1, 0.15) is 0 Å². The summed E-state index contributed by atoms with van der Waals surface area (Å²) in [5.41, 5.74) is 0.627. The molecule has 0 rings (SSSR count). The zero-order valence-electron chi connectivity index (χ0n) is 9.56. The van der Waals surface area contributed by atoms with E-state index in [1.54, 1.807) is 0 Å². The van der Waals surface area contributed by atoms with Gasteiger partial charge >= 0.3 is 0 Å². The monoisotopic (exact) mass is 220 g/mol. The summed E-state index contributed by atoms with van der Waals surface area (Å²) < 4.78 is 0. The molecule has 0 N–H and O–H groups in total. The summed E-state index contributed by atoms with van der Waals surface area (Å²) in [6.07, 6.45) is 9.95. The number of hydrogen-bond acceptors (Lipinski definition) is 2. The van der Waals surface area contributed by atoms with E-state index in [4.69, 9.17) is 0 Å². The van der Waals surface area contributed by atoms with Gasteiger partial charge in [-0.15, -0.1) is 0 Å². The molecule has 0 atom stereocenters. The van der Waals surface area contributed by atoms with Crippen LogP contribution in [0.4, 0.5) is 0 Å². The van der Waals surface area contributed by atoms with Gasteiger partial charge < -0.3 is 0 Å². The maximum Gasteiger partial charge on any atom is -0.000568 e. The molecule has 0 aliphatic carbocycles. The zero-order chi connectivity index (χ0) is 10.2. The average molecular weight is 220 g/mol. The molecule has 0 nitrogen and oxygen atoms in total. The maximum absolute atomic E-state index is 2.31. The van der Waals surface area contributed by atoms with Crippen molar-refractivity contribution >= 4 is 23.5 Å². The second kappa shape index (κ2) is 8.05. The lowest BCUT2D eigenvalue weighted by Gasteiger charge is -2.32. The molecule has 0 fully saturated rings. The predicted molar refractivity (Wildman–Crippen MR) is 69.0 cm³/mol. The second-order valence-corrected chi connectivity index (χ2v) is 5.60. The first-order valence-corrected chi connectivity index (χ1v) is 8.01. The normalized spacial score (nSPS) is 12.0. The van der Waals surface area contributed by atoms with Crippen LogP contribution in [0.25, 0.3) is 0 Å². The lowest BCUT2D eigenvalue weighted by atomic mass is 9.83. The Balaban J connectivity index is 4.19. The fraction of sp³-hybridized carbons (Fsp3) is 1.00. The van der Waals surface area contributed by atoms with E-state index in [1.165, 1.54) is 37.2 Å². The van der Waals surface area contributed by atoms with E-state index < -0.39 is 0 Å². The van der Waals surface area contributed by atoms with Crippen LogP contribution in [0.2, 0.25) is 0 Å². The summed E-state index contributed by atoms with van der Waals surface area (Å²) in [5, 5.41) is 0. The van der Waals surface area contributed by atoms with Crippen molar-refractivity contribution in [1.82, 2.24) is 0 Å². The molecule has 0 radical (unpaired) electrons. The Morgan fingerprint density at radius 1 is 0.846 bits per heavy atom. The Hall–Kier alpha value is 0.700. The van der Waals surface area contributed by atoms with E-state index in [1.807, 2.05) is 23.5 Å². The van der Waals surface area contributed by atoms with E-state index in [0.29, 0.717) is 5.41 Å². The topological polar surface area (TPSA) is 0 Å². The number of hydrogen-bond donors (Lipinski definition) is 0. The molecular formula is C11H24S2. The highest BCUT2D eigenvalue weighted by Gasteiger charge is 2.26. The first kappa shape index (κ1) is 13.7. The van der Waals surface area contributed by atoms with Gasteiger partial charge in [-0.2, -0.15) is 23.5 Å². The SMILES string of the molecule is CCCC(CCC)(CSC)CSC. The molecule has 0 saturated carbocycles. The van der Waals surface area contributed by atoms with Crippen LogP contribution >= 0.6 is 23.5 Å². The van der Waals surface area contributed by atoms with Gasteiger partial charge in [-0.1, -0.05) is 26.7 Å². The van der Waals surface area contributed by atoms with Crippen molar-refractivity contribution in [2.45, 2.75) is 39.5 Å². The third-order valence-corrected chi connectivity index (χ3v) is 4.26. The lowest BCUT2D eigenvalue weighted by Crippen LogP contribution is -2.26. The Morgan fingerprint density at radius 2 is 1.23 bits per heavy atom. The van der Waals surface area contributed by atoms with Crippen LogP contribution in [0.5, 0.6) is 0 Å². The van der Waals surface area contributed by atoms with Crippen molar-refractivity contribution in [2.24, 2.45) is 5.41 Å². The van der Waals surface area contributed by atoms with Crippen molar-refractivity contribution < 1.29 is 0 Å². The van der Waals surface area contributed by atoms with E-state index >= 15 is 0 Å². The Bertz CT molecular complexity index is 83.1. The summed E-state index contributed by atoms with van der Waals surface area (Å²) >= 11 is 4.03. The summed E-state index contributed by atoms with van der Waals surface area (Å²) in [7, 11) is 0. The minimum absolute atomic E-state index is 0.627. The minimum Gasteiger partial charge on any atom is -0.165 e. The van der Waals surface area contributed by atoms with Crippen LogP contribution in [0, 0.1) is 5.41 Å². The van der Waals surface area contributed by atoms with Crippen LogP contribution in [0.3, 0.4) is 0 Å². The van der Waals surface area contributed by atoms with Gasteiger partial charge in [-0.25, -0.2) is 0 Å². The molecule has 0 heterocycles. The molecule has 0 aromatic heterocycles. The van der Waals surface area contributed by atoms with E-state index in [2.05, 4.69) is 26.4 Å². The highest BCUT2D eigenvalue weighted by molar-refractivity contribution is 7.99. The van der Waals surface area contributed by atoms with Gasteiger partial charge in [0.15, 0.2) is 0 Å². The molecule has 80 valence electrons. The summed E-state index contributed by atoms with van der Waals surface area (Å²) in [6.45, 7) is 4.62. The third-order valence-electron chi connectivity index (χ3n) is 2.46. The predicted octanol–water partition coefficient (Wildman–Crippen LogP) is 4.30. The molecule has 0 aliphatic rings. The van der Waals surface area contributed by atoms with E-state index in [9.17, 15) is 0 Å². The van der Waals surface area contributed by atoms with Crippen LogP contribution in [0.1, 0.15) is 39.5 Å². The lowest BCUT2D eigenvalue weighted by molar-refractivity contribution is 0.318. The fourth-order valence-electron chi connectivity index (χ4n) is 2.13. The zero-order valence-corrected chi connectivity index (χ0v) is 11.2. The highest BCUT2D eigenvalue weighted by atomic mass is 32.2. The molecule has 0 aromatic rings. The average Bonchev–Trinajstić information content (AvgIpc) is 2.06. The van der Waals surface area contributed by atoms with Crippen molar-refractivity contribution in [3.8, 4) is 0 Å². The first-order valence-electron chi connectivity index (χ1n) is 5.22. The number of thioether (sulfide) groups is 2. The summed E-state index contributed by atoms with van der Waals surface area (Å²) in [5.74, 6) is 2.69. The first-order chi connectivity index (χ1) is 6.24. The van der Waals surface area contributed by atoms with Crippen LogP contribution in [-0.4, -0.2) is 24.0 Å². The van der Waals surface area contributed by atoms with Gasteiger partial charge in [-0.05, 0) is 42.3 Å². The van der Waals surface area contributed by atoms with Crippen molar-refractivity contribution in [2.75, 3.05) is 24.0 Å². The van der Waals surface area contributed by atoms with E-state index in [-0.39, 0.29) is 0 Å². The van der Waals surface area contributed by atoms with Gasteiger partial charge in [-0.3, -0.25) is 0 Å². The Kier molecular flexibility index (Phi) is 8.48. The highest BCUT2D eigenvalue weighted by Crippen LogP contribution is 2.35. The van der Waals surface area contributed by atoms with Crippen molar-refractivity contribution in [3.63, 3.8) is 0 Å². The summed E-state index contributed by atoms with van der Waals surface area (Å²) in [6, 6.07) is 0.